The molecular formula is C28H27NO2S3. The summed E-state index contributed by atoms with van der Waals surface area (Å²) < 4.78 is 6.82. The number of hydrogen-bond donors (Lipinski definition) is 1. The fourth-order valence-corrected chi connectivity index (χ4v) is 6.99. The van der Waals surface area contributed by atoms with Crippen molar-refractivity contribution in [3.63, 3.8) is 0 Å². The van der Waals surface area contributed by atoms with Gasteiger partial charge in [0.05, 0.1) is 9.79 Å². The summed E-state index contributed by atoms with van der Waals surface area (Å²) in [7, 11) is 0. The van der Waals surface area contributed by atoms with Crippen molar-refractivity contribution in [3.8, 4) is 11.5 Å². The Morgan fingerprint density at radius 3 is 2.53 bits per heavy atom. The molecule has 3 nitrogen and oxygen atoms in total. The van der Waals surface area contributed by atoms with E-state index in [4.69, 9.17) is 17.0 Å². The van der Waals surface area contributed by atoms with Crippen molar-refractivity contribution in [1.29, 1.82) is 0 Å². The summed E-state index contributed by atoms with van der Waals surface area (Å²) in [6.07, 6.45) is 6.57. The molecule has 1 saturated carbocycles. The SMILES string of the molecule is O=C(CC(SC(=S)NC1CCCCC1)c1ccccc1)c1ccc2c(c1)Sc1ccccc1O2. The van der Waals surface area contributed by atoms with E-state index in [0.29, 0.717) is 18.0 Å². The van der Waals surface area contributed by atoms with Crippen molar-refractivity contribution in [2.75, 3.05) is 0 Å². The summed E-state index contributed by atoms with van der Waals surface area (Å²) in [5, 5.41) is 3.52. The topological polar surface area (TPSA) is 38.3 Å². The van der Waals surface area contributed by atoms with Crippen LogP contribution in [-0.4, -0.2) is 16.1 Å². The molecule has 1 aliphatic heterocycles. The lowest BCUT2D eigenvalue weighted by Gasteiger charge is -2.25. The van der Waals surface area contributed by atoms with Crippen molar-refractivity contribution in [1.82, 2.24) is 5.32 Å². The van der Waals surface area contributed by atoms with Crippen LogP contribution < -0.4 is 10.1 Å². The van der Waals surface area contributed by atoms with Crippen molar-refractivity contribution in [2.45, 2.75) is 59.6 Å². The predicted molar refractivity (Wildman–Crippen MR) is 145 cm³/mol. The molecule has 0 aromatic heterocycles. The third-order valence-electron chi connectivity index (χ3n) is 6.27. The number of ether oxygens (including phenoxy) is 1. The largest absolute Gasteiger partial charge is 0.455 e. The zero-order chi connectivity index (χ0) is 23.3. The summed E-state index contributed by atoms with van der Waals surface area (Å²) in [6, 6.07) is 24.4. The Kier molecular flexibility index (Phi) is 7.57. The molecule has 174 valence electrons. The molecule has 1 heterocycles. The number of thioether (sulfide) groups is 1. The van der Waals surface area contributed by atoms with Gasteiger partial charge in [0.25, 0.3) is 0 Å². The number of carbonyl (C=O) groups excluding carboxylic acids is 1. The molecule has 2 aliphatic rings. The van der Waals surface area contributed by atoms with E-state index in [1.807, 2.05) is 60.7 Å². The molecule has 0 spiro atoms. The first kappa shape index (κ1) is 23.5. The highest BCUT2D eigenvalue weighted by atomic mass is 32.2. The number of Topliss-reactive ketones (excluding diaryl/α,β-unsaturated/α-hetero) is 1. The molecule has 1 fully saturated rings. The van der Waals surface area contributed by atoms with Gasteiger partial charge in [0, 0.05) is 23.3 Å². The fourth-order valence-electron chi connectivity index (χ4n) is 4.46. The van der Waals surface area contributed by atoms with Crippen LogP contribution in [0.1, 0.15) is 59.7 Å². The molecule has 0 bridgehead atoms. The van der Waals surface area contributed by atoms with E-state index in [2.05, 4.69) is 17.4 Å². The zero-order valence-electron chi connectivity index (χ0n) is 18.9. The van der Waals surface area contributed by atoms with Gasteiger partial charge in [-0.25, -0.2) is 0 Å². The quantitative estimate of drug-likeness (QED) is 0.210. The van der Waals surface area contributed by atoms with Gasteiger partial charge in [0.2, 0.25) is 0 Å². The van der Waals surface area contributed by atoms with Gasteiger partial charge in [-0.3, -0.25) is 4.79 Å². The Hall–Kier alpha value is -2.28. The second-order valence-corrected chi connectivity index (χ2v) is 11.7. The van der Waals surface area contributed by atoms with E-state index < -0.39 is 0 Å². The Balaban J connectivity index is 1.30. The van der Waals surface area contributed by atoms with E-state index in [0.717, 1.165) is 31.2 Å². The summed E-state index contributed by atoms with van der Waals surface area (Å²) in [4.78, 5) is 15.4. The molecule has 1 atom stereocenters. The van der Waals surface area contributed by atoms with Crippen molar-refractivity contribution in [3.05, 3.63) is 83.9 Å². The Morgan fingerprint density at radius 2 is 1.71 bits per heavy atom. The number of benzene rings is 3. The molecule has 5 rings (SSSR count). The maximum Gasteiger partial charge on any atom is 0.164 e. The molecule has 0 radical (unpaired) electrons. The first-order valence-electron chi connectivity index (χ1n) is 11.8. The third kappa shape index (κ3) is 5.68. The van der Waals surface area contributed by atoms with Crippen molar-refractivity contribution in [2.24, 2.45) is 0 Å². The van der Waals surface area contributed by atoms with Crippen LogP contribution in [0.5, 0.6) is 11.5 Å². The van der Waals surface area contributed by atoms with E-state index in [1.54, 1.807) is 23.5 Å². The highest BCUT2D eigenvalue weighted by molar-refractivity contribution is 8.23. The molecule has 1 N–H and O–H groups in total. The highest BCUT2D eigenvalue weighted by Crippen LogP contribution is 2.47. The fraction of sp³-hybridized carbons (Fsp3) is 0.286. The van der Waals surface area contributed by atoms with Crippen LogP contribution >= 0.6 is 35.7 Å². The maximum atomic E-state index is 13.4. The van der Waals surface area contributed by atoms with Gasteiger partial charge in [0.15, 0.2) is 5.78 Å². The van der Waals surface area contributed by atoms with E-state index in [1.165, 1.54) is 32.1 Å². The minimum atomic E-state index is -0.0297. The van der Waals surface area contributed by atoms with Crippen LogP contribution in [0.25, 0.3) is 0 Å². The number of fused-ring (bicyclic) bond motifs is 2. The minimum absolute atomic E-state index is 0.0297. The average molecular weight is 506 g/mol. The van der Waals surface area contributed by atoms with Crippen LogP contribution in [0.15, 0.2) is 82.6 Å². The van der Waals surface area contributed by atoms with Crippen molar-refractivity contribution < 1.29 is 9.53 Å². The van der Waals surface area contributed by atoms with Crippen LogP contribution in [0, 0.1) is 0 Å². The highest BCUT2D eigenvalue weighted by Gasteiger charge is 2.24. The number of nitrogens with one attached hydrogen (secondary N) is 1. The maximum absolute atomic E-state index is 13.4. The van der Waals surface area contributed by atoms with E-state index in [9.17, 15) is 4.79 Å². The van der Waals surface area contributed by atoms with Gasteiger partial charge in [-0.15, -0.1) is 0 Å². The molecule has 1 unspecified atom stereocenters. The van der Waals surface area contributed by atoms with E-state index in [-0.39, 0.29) is 11.0 Å². The Morgan fingerprint density at radius 1 is 0.971 bits per heavy atom. The zero-order valence-corrected chi connectivity index (χ0v) is 21.3. The van der Waals surface area contributed by atoms with E-state index >= 15 is 0 Å². The molecule has 3 aromatic rings. The standard InChI is InChI=1S/C28H27NO2S3/c30-22(20-15-16-24-27(17-20)33-25-14-8-7-13-23(25)31-24)18-26(19-9-3-1-4-10-19)34-28(32)29-21-11-5-2-6-12-21/h1,3-4,7-10,13-17,21,26H,2,5-6,11-12,18H2,(H,29,32). The predicted octanol–water partition coefficient (Wildman–Crippen LogP) is 8.20. The lowest BCUT2D eigenvalue weighted by Crippen LogP contribution is -2.34. The molecule has 1 aliphatic carbocycles. The second kappa shape index (κ2) is 11.0. The normalized spacial score (nSPS) is 16.0. The van der Waals surface area contributed by atoms with Gasteiger partial charge in [0.1, 0.15) is 15.8 Å². The molecule has 0 amide bonds. The number of ketones is 1. The Bertz CT molecular complexity index is 1180. The molecule has 0 saturated heterocycles. The molecule has 3 aromatic carbocycles. The molecule has 34 heavy (non-hydrogen) atoms. The number of rotatable bonds is 6. The lowest BCUT2D eigenvalue weighted by atomic mass is 9.96. The average Bonchev–Trinajstić information content (AvgIpc) is 2.87. The van der Waals surface area contributed by atoms with Gasteiger partial charge in [-0.1, -0.05) is 97.5 Å². The minimum Gasteiger partial charge on any atom is -0.455 e. The molecular weight excluding hydrogens is 479 g/mol. The summed E-state index contributed by atoms with van der Waals surface area (Å²) in [5.74, 6) is 1.77. The first-order chi connectivity index (χ1) is 16.7. The number of carbonyl (C=O) groups is 1. The smallest absolute Gasteiger partial charge is 0.164 e. The molecule has 6 heteroatoms. The van der Waals surface area contributed by atoms with Gasteiger partial charge in [-0.05, 0) is 48.7 Å². The monoisotopic (exact) mass is 505 g/mol. The van der Waals surface area contributed by atoms with Crippen LogP contribution in [0.4, 0.5) is 0 Å². The number of hydrogen-bond acceptors (Lipinski definition) is 5. The van der Waals surface area contributed by atoms with Crippen LogP contribution in [-0.2, 0) is 0 Å². The van der Waals surface area contributed by atoms with Crippen LogP contribution in [0.3, 0.4) is 0 Å². The second-order valence-electron chi connectivity index (χ2n) is 8.72. The summed E-state index contributed by atoms with van der Waals surface area (Å²) >= 11 is 8.97. The van der Waals surface area contributed by atoms with Crippen molar-refractivity contribution >= 4 is 45.8 Å². The van der Waals surface area contributed by atoms with Gasteiger partial charge >= 0.3 is 0 Å². The van der Waals surface area contributed by atoms with Crippen LogP contribution in [0.2, 0.25) is 0 Å². The first-order valence-corrected chi connectivity index (χ1v) is 13.9. The lowest BCUT2D eigenvalue weighted by molar-refractivity contribution is 0.0982. The third-order valence-corrected chi connectivity index (χ3v) is 8.83. The summed E-state index contributed by atoms with van der Waals surface area (Å²) in [5.41, 5.74) is 1.83. The Labute approximate surface area is 215 Å². The number of thiocarbonyl (C=S) groups is 1. The number of para-hydroxylation sites is 1. The van der Waals surface area contributed by atoms with Gasteiger partial charge in [-0.2, -0.15) is 0 Å². The summed E-state index contributed by atoms with van der Waals surface area (Å²) in [6.45, 7) is 0. The van der Waals surface area contributed by atoms with Gasteiger partial charge < -0.3 is 10.1 Å².